The van der Waals surface area contributed by atoms with E-state index in [4.69, 9.17) is 0 Å². The van der Waals surface area contributed by atoms with Gasteiger partial charge in [0, 0.05) is 30.6 Å². The first kappa shape index (κ1) is 13.0. The minimum atomic E-state index is 0.0676. The van der Waals surface area contributed by atoms with Crippen LogP contribution in [0.25, 0.3) is 0 Å². The second-order valence-electron chi connectivity index (χ2n) is 5.31. The Bertz CT molecular complexity index is 477. The van der Waals surface area contributed by atoms with Crippen molar-refractivity contribution < 1.29 is 4.79 Å². The van der Waals surface area contributed by atoms with Crippen LogP contribution in [0.5, 0.6) is 0 Å². The molecule has 1 aromatic rings. The van der Waals surface area contributed by atoms with E-state index in [1.165, 1.54) is 10.5 Å². The molecule has 4 heteroatoms. The molecule has 0 aromatic heterocycles. The molecule has 2 atom stereocenters. The smallest absolute Gasteiger partial charge is 0.230 e. The number of carbonyl (C=O) groups excluding carboxylic acids is 1. The summed E-state index contributed by atoms with van der Waals surface area (Å²) in [6, 6.07) is 8.68. The van der Waals surface area contributed by atoms with Crippen molar-refractivity contribution in [1.29, 1.82) is 0 Å². The molecule has 1 saturated heterocycles. The summed E-state index contributed by atoms with van der Waals surface area (Å²) in [6.45, 7) is 4.80. The van der Waals surface area contributed by atoms with Crippen LogP contribution >= 0.6 is 11.8 Å². The maximum absolute atomic E-state index is 12.8. The number of fused-ring (bicyclic) bond motifs is 1. The third-order valence-corrected chi connectivity index (χ3v) is 5.16. The summed E-state index contributed by atoms with van der Waals surface area (Å²) in [7, 11) is 0. The lowest BCUT2D eigenvalue weighted by molar-refractivity contribution is -0.135. The van der Waals surface area contributed by atoms with Crippen molar-refractivity contribution in [3.8, 4) is 0 Å². The Morgan fingerprint density at radius 3 is 3.11 bits per heavy atom. The van der Waals surface area contributed by atoms with Crippen molar-refractivity contribution in [2.75, 3.05) is 25.4 Å². The highest BCUT2D eigenvalue weighted by Gasteiger charge is 2.32. The van der Waals surface area contributed by atoms with Crippen LogP contribution in [0.15, 0.2) is 29.2 Å². The predicted molar refractivity (Wildman–Crippen MR) is 78.6 cm³/mol. The summed E-state index contributed by atoms with van der Waals surface area (Å²) in [6.07, 6.45) is 0.969. The Kier molecular flexibility index (Phi) is 3.80. The van der Waals surface area contributed by atoms with Crippen LogP contribution in [0.4, 0.5) is 0 Å². The van der Waals surface area contributed by atoms with Gasteiger partial charge in [-0.3, -0.25) is 4.79 Å². The van der Waals surface area contributed by atoms with Gasteiger partial charge in [-0.1, -0.05) is 18.2 Å². The number of nitrogens with one attached hydrogen (secondary N) is 1. The molecule has 0 aliphatic carbocycles. The zero-order valence-corrected chi connectivity index (χ0v) is 12.1. The zero-order chi connectivity index (χ0) is 13.2. The number of piperazine rings is 1. The van der Waals surface area contributed by atoms with Crippen molar-refractivity contribution in [2.24, 2.45) is 0 Å². The van der Waals surface area contributed by atoms with Crippen LogP contribution in [-0.2, 0) is 4.79 Å². The minimum absolute atomic E-state index is 0.0676. The first-order valence-electron chi connectivity index (χ1n) is 7.00. The van der Waals surface area contributed by atoms with E-state index in [9.17, 15) is 4.79 Å². The molecule has 1 N–H and O–H groups in total. The van der Waals surface area contributed by atoms with E-state index in [-0.39, 0.29) is 5.92 Å². The van der Waals surface area contributed by atoms with E-state index >= 15 is 0 Å². The molecule has 2 heterocycles. The number of benzene rings is 1. The van der Waals surface area contributed by atoms with Gasteiger partial charge in [-0.25, -0.2) is 0 Å². The number of hydrogen-bond acceptors (Lipinski definition) is 3. The molecular formula is C15H20N2OS. The fraction of sp³-hybridized carbons (Fsp3) is 0.533. The van der Waals surface area contributed by atoms with E-state index in [0.717, 1.165) is 31.8 Å². The third kappa shape index (κ3) is 2.51. The van der Waals surface area contributed by atoms with Gasteiger partial charge < -0.3 is 10.2 Å². The van der Waals surface area contributed by atoms with E-state index < -0.39 is 0 Å². The lowest BCUT2D eigenvalue weighted by Gasteiger charge is -2.37. The fourth-order valence-electron chi connectivity index (χ4n) is 2.97. The standard InChI is InChI=1S/C15H20N2OS/c1-11-10-16-7-8-17(11)15(18)13-6-9-19-14-5-3-2-4-12(13)14/h2-5,11,13,16H,6-10H2,1H3/t11-,13?/m1/s1. The summed E-state index contributed by atoms with van der Waals surface area (Å²) in [5.74, 6) is 1.44. The van der Waals surface area contributed by atoms with Crippen molar-refractivity contribution in [2.45, 2.75) is 30.2 Å². The molecular weight excluding hydrogens is 256 g/mol. The van der Waals surface area contributed by atoms with Gasteiger partial charge in [0.25, 0.3) is 0 Å². The summed E-state index contributed by atoms with van der Waals surface area (Å²) in [5.41, 5.74) is 1.23. The van der Waals surface area contributed by atoms with Gasteiger partial charge in [0.2, 0.25) is 5.91 Å². The third-order valence-electron chi connectivity index (χ3n) is 4.04. The van der Waals surface area contributed by atoms with Crippen LogP contribution in [0.3, 0.4) is 0 Å². The molecule has 2 aliphatic rings. The van der Waals surface area contributed by atoms with Crippen LogP contribution in [0, 0.1) is 0 Å². The first-order chi connectivity index (χ1) is 9.27. The van der Waals surface area contributed by atoms with E-state index in [1.54, 1.807) is 0 Å². The molecule has 0 bridgehead atoms. The van der Waals surface area contributed by atoms with Gasteiger partial charge in [0.05, 0.1) is 5.92 Å². The summed E-state index contributed by atoms with van der Waals surface area (Å²) in [4.78, 5) is 16.2. The topological polar surface area (TPSA) is 32.3 Å². The summed E-state index contributed by atoms with van der Waals surface area (Å²) >= 11 is 1.87. The van der Waals surface area contributed by atoms with Crippen LogP contribution < -0.4 is 5.32 Å². The van der Waals surface area contributed by atoms with Gasteiger partial charge in [-0.2, -0.15) is 0 Å². The molecule has 2 aliphatic heterocycles. The average Bonchev–Trinajstić information content (AvgIpc) is 2.46. The van der Waals surface area contributed by atoms with E-state index in [2.05, 4.69) is 35.3 Å². The van der Waals surface area contributed by atoms with Gasteiger partial charge in [0.1, 0.15) is 0 Å². The summed E-state index contributed by atoms with van der Waals surface area (Å²) < 4.78 is 0. The minimum Gasteiger partial charge on any atom is -0.337 e. The Morgan fingerprint density at radius 1 is 1.42 bits per heavy atom. The average molecular weight is 276 g/mol. The monoisotopic (exact) mass is 276 g/mol. The fourth-order valence-corrected chi connectivity index (χ4v) is 4.09. The normalized spacial score (nSPS) is 26.9. The molecule has 1 unspecified atom stereocenters. The Hall–Kier alpha value is -1.00. The number of nitrogens with zero attached hydrogens (tertiary/aromatic N) is 1. The van der Waals surface area contributed by atoms with Crippen LogP contribution in [-0.4, -0.2) is 42.2 Å². The molecule has 1 aromatic carbocycles. The van der Waals surface area contributed by atoms with Gasteiger partial charge in [-0.05, 0) is 30.7 Å². The highest BCUT2D eigenvalue weighted by atomic mass is 32.2. The second kappa shape index (κ2) is 5.55. The van der Waals surface area contributed by atoms with Crippen molar-refractivity contribution in [3.63, 3.8) is 0 Å². The van der Waals surface area contributed by atoms with Crippen molar-refractivity contribution in [1.82, 2.24) is 10.2 Å². The Labute approximate surface area is 118 Å². The predicted octanol–water partition coefficient (Wildman–Crippen LogP) is 2.09. The lowest BCUT2D eigenvalue weighted by atomic mass is 9.93. The van der Waals surface area contributed by atoms with E-state index in [0.29, 0.717) is 11.9 Å². The molecule has 0 radical (unpaired) electrons. The molecule has 3 rings (SSSR count). The molecule has 0 spiro atoms. The molecule has 3 nitrogen and oxygen atoms in total. The molecule has 102 valence electrons. The van der Waals surface area contributed by atoms with Crippen LogP contribution in [0.2, 0.25) is 0 Å². The maximum Gasteiger partial charge on any atom is 0.230 e. The molecule has 0 saturated carbocycles. The highest BCUT2D eigenvalue weighted by molar-refractivity contribution is 7.99. The van der Waals surface area contributed by atoms with Gasteiger partial charge in [-0.15, -0.1) is 11.8 Å². The van der Waals surface area contributed by atoms with Gasteiger partial charge >= 0.3 is 0 Å². The Morgan fingerprint density at radius 2 is 2.26 bits per heavy atom. The molecule has 19 heavy (non-hydrogen) atoms. The number of carbonyl (C=O) groups is 1. The maximum atomic E-state index is 12.8. The quantitative estimate of drug-likeness (QED) is 0.852. The van der Waals surface area contributed by atoms with E-state index in [1.807, 2.05) is 17.8 Å². The number of rotatable bonds is 1. The van der Waals surface area contributed by atoms with Crippen molar-refractivity contribution in [3.05, 3.63) is 29.8 Å². The summed E-state index contributed by atoms with van der Waals surface area (Å²) in [5, 5.41) is 3.34. The molecule has 1 fully saturated rings. The van der Waals surface area contributed by atoms with Crippen LogP contribution in [0.1, 0.15) is 24.8 Å². The largest absolute Gasteiger partial charge is 0.337 e. The molecule has 1 amide bonds. The highest BCUT2D eigenvalue weighted by Crippen LogP contribution is 2.38. The first-order valence-corrected chi connectivity index (χ1v) is 7.99. The SMILES string of the molecule is C[C@@H]1CNCCN1C(=O)C1CCSc2ccccc21. The number of amides is 1. The van der Waals surface area contributed by atoms with Crippen molar-refractivity contribution >= 4 is 17.7 Å². The number of hydrogen-bond donors (Lipinski definition) is 1. The lowest BCUT2D eigenvalue weighted by Crippen LogP contribution is -2.53. The zero-order valence-electron chi connectivity index (χ0n) is 11.3. The Balaban J connectivity index is 1.84. The van der Waals surface area contributed by atoms with Gasteiger partial charge in [0.15, 0.2) is 0 Å². The number of thioether (sulfide) groups is 1. The second-order valence-corrected chi connectivity index (χ2v) is 6.45.